The third-order valence-corrected chi connectivity index (χ3v) is 4.77. The molecule has 1 heterocycles. The van der Waals surface area contributed by atoms with Crippen molar-refractivity contribution in [2.75, 3.05) is 13.1 Å². The van der Waals surface area contributed by atoms with E-state index in [0.29, 0.717) is 18.8 Å². The van der Waals surface area contributed by atoms with E-state index < -0.39 is 0 Å². The van der Waals surface area contributed by atoms with Crippen LogP contribution in [0.1, 0.15) is 28.9 Å². The Kier molecular flexibility index (Phi) is 5.88. The van der Waals surface area contributed by atoms with Crippen LogP contribution in [0.2, 0.25) is 0 Å². The lowest BCUT2D eigenvalue weighted by Crippen LogP contribution is -2.37. The first kappa shape index (κ1) is 19.1. The average molecular weight is 368 g/mol. The smallest absolute Gasteiger partial charge is 0.268 e. The summed E-state index contributed by atoms with van der Waals surface area (Å²) in [4.78, 5) is 15.7. The molecule has 1 amide bonds. The number of nitrogens with two attached hydrogens (primary N) is 2. The van der Waals surface area contributed by atoms with Gasteiger partial charge in [0.1, 0.15) is 11.5 Å². The molecule has 1 aromatic heterocycles. The third-order valence-electron chi connectivity index (χ3n) is 4.77. The van der Waals surface area contributed by atoms with Gasteiger partial charge in [-0.25, -0.2) is 4.39 Å². The molecule has 0 aliphatic rings. The molecule has 0 saturated carbocycles. The summed E-state index contributed by atoms with van der Waals surface area (Å²) in [6.07, 6.45) is 1.62. The number of amides is 1. The summed E-state index contributed by atoms with van der Waals surface area (Å²) < 4.78 is 13.1. The van der Waals surface area contributed by atoms with Crippen LogP contribution in [0.5, 0.6) is 0 Å². The van der Waals surface area contributed by atoms with Crippen molar-refractivity contribution in [1.29, 1.82) is 0 Å². The van der Waals surface area contributed by atoms with Gasteiger partial charge in [-0.05, 0) is 61.2 Å². The second-order valence-electron chi connectivity index (χ2n) is 6.79. The Morgan fingerprint density at radius 1 is 1.19 bits per heavy atom. The predicted molar refractivity (Wildman–Crippen MR) is 107 cm³/mol. The molecule has 0 unspecified atom stereocenters. The molecule has 0 saturated heterocycles. The lowest BCUT2D eigenvalue weighted by molar-refractivity contribution is 0.0946. The number of benzene rings is 2. The number of halogens is 1. The number of hydrogen-bond acceptors (Lipinski definition) is 3. The number of rotatable bonds is 7. The van der Waals surface area contributed by atoms with E-state index in [-0.39, 0.29) is 17.8 Å². The number of aromatic amines is 1. The number of carbonyl (C=O) groups is 1. The zero-order chi connectivity index (χ0) is 19.4. The second-order valence-corrected chi connectivity index (χ2v) is 6.79. The SMILES string of the molecule is Cc1c(C(=O)NC[C@@H](N)CCCN)[nH]c2cc(-c3ccc(F)cc3)ccc12. The highest BCUT2D eigenvalue weighted by atomic mass is 19.1. The molecule has 142 valence electrons. The van der Waals surface area contributed by atoms with Crippen LogP contribution in [-0.4, -0.2) is 30.0 Å². The Morgan fingerprint density at radius 2 is 1.89 bits per heavy atom. The summed E-state index contributed by atoms with van der Waals surface area (Å²) in [7, 11) is 0. The van der Waals surface area contributed by atoms with E-state index in [2.05, 4.69) is 10.3 Å². The summed E-state index contributed by atoms with van der Waals surface area (Å²) in [6.45, 7) is 2.92. The van der Waals surface area contributed by atoms with Gasteiger partial charge in [0.25, 0.3) is 5.91 Å². The van der Waals surface area contributed by atoms with Crippen molar-refractivity contribution in [2.24, 2.45) is 11.5 Å². The van der Waals surface area contributed by atoms with Gasteiger partial charge in [0.05, 0.1) is 0 Å². The first-order valence-corrected chi connectivity index (χ1v) is 9.11. The summed E-state index contributed by atoms with van der Waals surface area (Å²) in [5.74, 6) is -0.436. The van der Waals surface area contributed by atoms with Crippen molar-refractivity contribution in [1.82, 2.24) is 10.3 Å². The molecule has 6 N–H and O–H groups in total. The highest BCUT2D eigenvalue weighted by Gasteiger charge is 2.16. The van der Waals surface area contributed by atoms with E-state index in [9.17, 15) is 9.18 Å². The minimum absolute atomic E-state index is 0.104. The van der Waals surface area contributed by atoms with Gasteiger partial charge < -0.3 is 21.8 Å². The minimum atomic E-state index is -0.265. The fourth-order valence-electron chi connectivity index (χ4n) is 3.18. The maximum absolute atomic E-state index is 13.1. The van der Waals surface area contributed by atoms with Gasteiger partial charge in [0.15, 0.2) is 0 Å². The van der Waals surface area contributed by atoms with Crippen LogP contribution in [0.4, 0.5) is 4.39 Å². The number of aromatic nitrogens is 1. The molecule has 0 fully saturated rings. The topological polar surface area (TPSA) is 96.9 Å². The van der Waals surface area contributed by atoms with Crippen molar-refractivity contribution in [3.63, 3.8) is 0 Å². The van der Waals surface area contributed by atoms with Gasteiger partial charge >= 0.3 is 0 Å². The number of nitrogens with one attached hydrogen (secondary N) is 2. The van der Waals surface area contributed by atoms with E-state index in [1.807, 2.05) is 25.1 Å². The maximum atomic E-state index is 13.1. The molecule has 3 rings (SSSR count). The number of H-pyrrole nitrogens is 1. The van der Waals surface area contributed by atoms with E-state index in [0.717, 1.165) is 40.4 Å². The highest BCUT2D eigenvalue weighted by Crippen LogP contribution is 2.27. The number of carbonyl (C=O) groups excluding carboxylic acids is 1. The molecule has 6 heteroatoms. The molecule has 2 aromatic carbocycles. The predicted octanol–water partition coefficient (Wildman–Crippen LogP) is 3.08. The number of aryl methyl sites for hydroxylation is 1. The van der Waals surface area contributed by atoms with E-state index in [4.69, 9.17) is 11.5 Å². The zero-order valence-electron chi connectivity index (χ0n) is 15.4. The summed E-state index contributed by atoms with van der Waals surface area (Å²) in [6, 6.07) is 12.2. The normalized spacial score (nSPS) is 12.3. The Balaban J connectivity index is 1.79. The van der Waals surface area contributed by atoms with Crippen LogP contribution in [-0.2, 0) is 0 Å². The Bertz CT molecular complexity index is 933. The molecule has 3 aromatic rings. The van der Waals surface area contributed by atoms with E-state index in [1.54, 1.807) is 12.1 Å². The molecule has 0 aliphatic heterocycles. The molecular formula is C21H25FN4O. The molecular weight excluding hydrogens is 343 g/mol. The van der Waals surface area contributed by atoms with Crippen molar-refractivity contribution in [2.45, 2.75) is 25.8 Å². The van der Waals surface area contributed by atoms with Crippen molar-refractivity contribution in [3.05, 3.63) is 59.5 Å². The van der Waals surface area contributed by atoms with E-state index in [1.165, 1.54) is 12.1 Å². The Labute approximate surface area is 157 Å². The quantitative estimate of drug-likeness (QED) is 0.516. The van der Waals surface area contributed by atoms with Crippen molar-refractivity contribution < 1.29 is 9.18 Å². The molecule has 1 atom stereocenters. The first-order valence-electron chi connectivity index (χ1n) is 9.11. The van der Waals surface area contributed by atoms with Gasteiger partial charge in [0, 0.05) is 23.5 Å². The van der Waals surface area contributed by atoms with Crippen LogP contribution in [0.3, 0.4) is 0 Å². The lowest BCUT2D eigenvalue weighted by atomic mass is 10.0. The van der Waals surface area contributed by atoms with Gasteiger partial charge in [-0.3, -0.25) is 4.79 Å². The lowest BCUT2D eigenvalue weighted by Gasteiger charge is -2.12. The molecule has 0 bridgehead atoms. The maximum Gasteiger partial charge on any atom is 0.268 e. The molecule has 0 radical (unpaired) electrons. The van der Waals surface area contributed by atoms with Gasteiger partial charge in [-0.15, -0.1) is 0 Å². The summed E-state index contributed by atoms with van der Waals surface area (Å²) >= 11 is 0. The molecule has 0 aliphatic carbocycles. The molecule has 27 heavy (non-hydrogen) atoms. The Hall–Kier alpha value is -2.70. The molecule has 5 nitrogen and oxygen atoms in total. The standard InChI is InChI=1S/C21H25FN4O/c1-13-18-9-6-15(14-4-7-16(22)8-5-14)11-19(18)26-20(13)21(27)25-12-17(24)3-2-10-23/h4-9,11,17,26H,2-3,10,12,23-24H2,1H3,(H,25,27)/t17-/m0/s1. The second kappa shape index (κ2) is 8.33. The third kappa shape index (κ3) is 4.35. The Morgan fingerprint density at radius 3 is 2.59 bits per heavy atom. The van der Waals surface area contributed by atoms with Crippen LogP contribution < -0.4 is 16.8 Å². The first-order chi connectivity index (χ1) is 13.0. The van der Waals surface area contributed by atoms with Gasteiger partial charge in [0.2, 0.25) is 0 Å². The van der Waals surface area contributed by atoms with Crippen LogP contribution in [0, 0.1) is 12.7 Å². The average Bonchev–Trinajstić information content (AvgIpc) is 3.01. The summed E-state index contributed by atoms with van der Waals surface area (Å²) in [5, 5.41) is 3.87. The monoisotopic (exact) mass is 368 g/mol. The largest absolute Gasteiger partial charge is 0.350 e. The number of hydrogen-bond donors (Lipinski definition) is 4. The minimum Gasteiger partial charge on any atom is -0.350 e. The summed E-state index contributed by atoms with van der Waals surface area (Å²) in [5.41, 5.74) is 15.6. The fourth-order valence-corrected chi connectivity index (χ4v) is 3.18. The van der Waals surface area contributed by atoms with Crippen LogP contribution in [0.25, 0.3) is 22.0 Å². The van der Waals surface area contributed by atoms with E-state index >= 15 is 0 Å². The van der Waals surface area contributed by atoms with Crippen molar-refractivity contribution in [3.8, 4) is 11.1 Å². The fraction of sp³-hybridized carbons (Fsp3) is 0.286. The van der Waals surface area contributed by atoms with Gasteiger partial charge in [-0.1, -0.05) is 24.3 Å². The number of fused-ring (bicyclic) bond motifs is 1. The van der Waals surface area contributed by atoms with Crippen molar-refractivity contribution >= 4 is 16.8 Å². The van der Waals surface area contributed by atoms with Crippen LogP contribution >= 0.6 is 0 Å². The van der Waals surface area contributed by atoms with Gasteiger partial charge in [-0.2, -0.15) is 0 Å². The highest BCUT2D eigenvalue weighted by molar-refractivity contribution is 6.01. The zero-order valence-corrected chi connectivity index (χ0v) is 15.4. The van der Waals surface area contributed by atoms with Crippen LogP contribution in [0.15, 0.2) is 42.5 Å². The molecule has 0 spiro atoms.